The SMILES string of the molecule is CC(C)c1cccc(C(C)C)c1-n1n[n+](-c2c(C(C)C)cccc2C(C)C)[c-]c1C1=CCCCC1. The third-order valence-electron chi connectivity index (χ3n) is 7.31. The third-order valence-corrected chi connectivity index (χ3v) is 7.31. The smallest absolute Gasteiger partial charge is 0.160 e. The Morgan fingerprint density at radius 3 is 1.71 bits per heavy atom. The predicted octanol–water partition coefficient (Wildman–Crippen LogP) is 8.40. The molecule has 0 unspecified atom stereocenters. The Kier molecular flexibility index (Phi) is 7.64. The summed E-state index contributed by atoms with van der Waals surface area (Å²) in [5, 5.41) is 5.34. The van der Waals surface area contributed by atoms with Crippen LogP contribution in [0.3, 0.4) is 0 Å². The second-order valence-electron chi connectivity index (χ2n) is 11.3. The highest BCUT2D eigenvalue weighted by molar-refractivity contribution is 5.65. The molecule has 0 bridgehead atoms. The summed E-state index contributed by atoms with van der Waals surface area (Å²) >= 11 is 0. The van der Waals surface area contributed by atoms with Crippen LogP contribution in [-0.2, 0) is 0 Å². The summed E-state index contributed by atoms with van der Waals surface area (Å²) in [6, 6.07) is 13.5. The van der Waals surface area contributed by atoms with Crippen LogP contribution in [0.15, 0.2) is 42.5 Å². The molecule has 4 rings (SSSR count). The summed E-state index contributed by atoms with van der Waals surface area (Å²) in [5.74, 6) is 1.62. The fraction of sp³-hybridized carbons (Fsp3) is 0.500. The van der Waals surface area contributed by atoms with E-state index in [-0.39, 0.29) is 0 Å². The number of hydrogen-bond donors (Lipinski definition) is 0. The summed E-state index contributed by atoms with van der Waals surface area (Å²) in [7, 11) is 0. The van der Waals surface area contributed by atoms with E-state index in [2.05, 4.69) is 113 Å². The fourth-order valence-electron chi connectivity index (χ4n) is 5.34. The van der Waals surface area contributed by atoms with Gasteiger partial charge in [0.1, 0.15) is 0 Å². The maximum absolute atomic E-state index is 5.34. The van der Waals surface area contributed by atoms with Crippen LogP contribution >= 0.6 is 0 Å². The van der Waals surface area contributed by atoms with E-state index in [1.54, 1.807) is 0 Å². The van der Waals surface area contributed by atoms with Crippen molar-refractivity contribution in [2.24, 2.45) is 0 Å². The van der Waals surface area contributed by atoms with Crippen LogP contribution in [0.2, 0.25) is 0 Å². The van der Waals surface area contributed by atoms with Gasteiger partial charge in [-0.2, -0.15) is 0 Å². The average molecular weight is 470 g/mol. The molecule has 0 saturated carbocycles. The number of rotatable bonds is 7. The molecule has 0 atom stereocenters. The van der Waals surface area contributed by atoms with E-state index < -0.39 is 0 Å². The molecule has 1 heterocycles. The van der Waals surface area contributed by atoms with Gasteiger partial charge in [-0.15, -0.1) is 10.8 Å². The topological polar surface area (TPSA) is 21.7 Å². The van der Waals surface area contributed by atoms with E-state index in [0.717, 1.165) is 18.5 Å². The average Bonchev–Trinajstić information content (AvgIpc) is 3.28. The van der Waals surface area contributed by atoms with Gasteiger partial charge in [0.05, 0.1) is 22.8 Å². The lowest BCUT2D eigenvalue weighted by Gasteiger charge is -2.20. The summed E-state index contributed by atoms with van der Waals surface area (Å²) in [6.07, 6.45) is 10.9. The number of benzene rings is 2. The molecular weight excluding hydrogens is 426 g/mol. The third kappa shape index (κ3) is 5.01. The van der Waals surface area contributed by atoms with Gasteiger partial charge >= 0.3 is 0 Å². The first-order chi connectivity index (χ1) is 16.7. The van der Waals surface area contributed by atoms with Gasteiger partial charge in [0, 0.05) is 11.1 Å². The van der Waals surface area contributed by atoms with Crippen molar-refractivity contribution in [3.63, 3.8) is 0 Å². The lowest BCUT2D eigenvalue weighted by atomic mass is 9.92. The maximum atomic E-state index is 5.34. The van der Waals surface area contributed by atoms with Gasteiger partial charge in [-0.3, -0.25) is 0 Å². The predicted molar refractivity (Wildman–Crippen MR) is 147 cm³/mol. The minimum Gasteiger partial charge on any atom is -0.206 e. The molecule has 186 valence electrons. The van der Waals surface area contributed by atoms with E-state index in [1.165, 1.54) is 52.0 Å². The second kappa shape index (κ2) is 10.5. The Bertz CT molecular complexity index is 1160. The molecular formula is C32H43N3. The van der Waals surface area contributed by atoms with Crippen molar-refractivity contribution in [3.05, 3.63) is 76.6 Å². The van der Waals surface area contributed by atoms with E-state index >= 15 is 0 Å². The molecule has 35 heavy (non-hydrogen) atoms. The van der Waals surface area contributed by atoms with Crippen molar-refractivity contribution < 1.29 is 4.68 Å². The number of nitrogens with zero attached hydrogens (tertiary/aromatic N) is 3. The second-order valence-corrected chi connectivity index (χ2v) is 11.3. The summed E-state index contributed by atoms with van der Waals surface area (Å²) in [4.78, 5) is 0. The normalized spacial score (nSPS) is 14.5. The largest absolute Gasteiger partial charge is 0.206 e. The lowest BCUT2D eigenvalue weighted by Crippen LogP contribution is -2.37. The highest BCUT2D eigenvalue weighted by Gasteiger charge is 2.26. The maximum Gasteiger partial charge on any atom is 0.160 e. The zero-order valence-corrected chi connectivity index (χ0v) is 23.0. The van der Waals surface area contributed by atoms with Gasteiger partial charge in [0.15, 0.2) is 5.69 Å². The van der Waals surface area contributed by atoms with Gasteiger partial charge in [-0.1, -0.05) is 128 Å². The van der Waals surface area contributed by atoms with Crippen LogP contribution in [0.4, 0.5) is 0 Å². The molecule has 0 N–H and O–H groups in total. The number of para-hydroxylation sites is 2. The van der Waals surface area contributed by atoms with Crippen LogP contribution in [0.25, 0.3) is 16.9 Å². The van der Waals surface area contributed by atoms with Gasteiger partial charge in [-0.05, 0) is 30.1 Å². The molecule has 0 fully saturated rings. The first kappa shape index (κ1) is 25.4. The van der Waals surface area contributed by atoms with Crippen molar-refractivity contribution in [1.82, 2.24) is 9.90 Å². The van der Waals surface area contributed by atoms with E-state index in [0.29, 0.717) is 23.7 Å². The monoisotopic (exact) mass is 469 g/mol. The van der Waals surface area contributed by atoms with E-state index in [9.17, 15) is 0 Å². The van der Waals surface area contributed by atoms with Crippen LogP contribution in [0, 0.1) is 6.20 Å². The number of aromatic nitrogens is 3. The lowest BCUT2D eigenvalue weighted by molar-refractivity contribution is -0.665. The minimum atomic E-state index is 0.404. The minimum absolute atomic E-state index is 0.404. The Morgan fingerprint density at radius 2 is 1.26 bits per heavy atom. The molecule has 3 heteroatoms. The fourth-order valence-corrected chi connectivity index (χ4v) is 5.34. The molecule has 0 amide bonds. The summed E-state index contributed by atoms with van der Waals surface area (Å²) < 4.78 is 4.29. The molecule has 0 saturated heterocycles. The Balaban J connectivity index is 2.07. The standard InChI is InChI=1S/C32H43N3/c1-21(2)26-16-12-17-27(22(3)4)31(26)34-20-30(25-14-10-9-11-15-25)35(33-34)32-28(23(5)6)18-13-19-29(32)24(7)8/h12-14,16-19,21-24H,9-11,15H2,1-8H3. The molecule has 1 aliphatic carbocycles. The van der Waals surface area contributed by atoms with E-state index in [4.69, 9.17) is 5.21 Å². The van der Waals surface area contributed by atoms with E-state index in [1.807, 2.05) is 0 Å². The van der Waals surface area contributed by atoms with Crippen molar-refractivity contribution >= 4 is 5.57 Å². The Labute approximate surface area is 212 Å². The Morgan fingerprint density at radius 1 is 0.743 bits per heavy atom. The van der Waals surface area contributed by atoms with Crippen LogP contribution in [0.5, 0.6) is 0 Å². The summed E-state index contributed by atoms with van der Waals surface area (Å²) in [6.45, 7) is 18.2. The van der Waals surface area contributed by atoms with Gasteiger partial charge in [-0.25, -0.2) is 4.68 Å². The van der Waals surface area contributed by atoms with Crippen LogP contribution in [-0.4, -0.2) is 9.90 Å². The molecule has 3 nitrogen and oxygen atoms in total. The quantitative estimate of drug-likeness (QED) is 0.251. The molecule has 0 spiro atoms. The van der Waals surface area contributed by atoms with Crippen LogP contribution in [0.1, 0.15) is 133 Å². The molecule has 3 aromatic rings. The van der Waals surface area contributed by atoms with Crippen molar-refractivity contribution in [3.8, 4) is 11.4 Å². The van der Waals surface area contributed by atoms with Crippen molar-refractivity contribution in [1.29, 1.82) is 0 Å². The van der Waals surface area contributed by atoms with Gasteiger partial charge in [0.2, 0.25) is 0 Å². The zero-order chi connectivity index (χ0) is 25.3. The Hall–Kier alpha value is -2.68. The van der Waals surface area contributed by atoms with Gasteiger partial charge < -0.3 is 0 Å². The summed E-state index contributed by atoms with van der Waals surface area (Å²) in [5.41, 5.74) is 10.3. The zero-order valence-electron chi connectivity index (χ0n) is 23.0. The molecule has 0 radical (unpaired) electrons. The van der Waals surface area contributed by atoms with Crippen LogP contribution < -0.4 is 4.68 Å². The molecule has 2 aromatic carbocycles. The number of hydrogen-bond acceptors (Lipinski definition) is 1. The number of allylic oxidation sites excluding steroid dienone is 2. The molecule has 1 aromatic heterocycles. The molecule has 0 aliphatic heterocycles. The first-order valence-corrected chi connectivity index (χ1v) is 13.6. The first-order valence-electron chi connectivity index (χ1n) is 13.6. The highest BCUT2D eigenvalue weighted by Crippen LogP contribution is 2.35. The van der Waals surface area contributed by atoms with Crippen molar-refractivity contribution in [2.45, 2.75) is 105 Å². The molecule has 1 aliphatic rings. The van der Waals surface area contributed by atoms with Gasteiger partial charge in [0.25, 0.3) is 0 Å². The van der Waals surface area contributed by atoms with Crippen molar-refractivity contribution in [2.75, 3.05) is 0 Å². The highest BCUT2D eigenvalue weighted by atomic mass is 15.5.